The molecule has 0 saturated carbocycles. The summed E-state index contributed by atoms with van der Waals surface area (Å²) in [5, 5.41) is 7.12. The maximum absolute atomic E-state index is 4.07. The molecule has 13 heavy (non-hydrogen) atoms. The molecule has 0 aromatic carbocycles. The predicted molar refractivity (Wildman–Crippen MR) is 52.5 cm³/mol. The summed E-state index contributed by atoms with van der Waals surface area (Å²) in [6.45, 7) is 8.96. The highest BCUT2D eigenvalue weighted by Crippen LogP contribution is 2.23. The maximum atomic E-state index is 4.07. The van der Waals surface area contributed by atoms with Gasteiger partial charge in [0.15, 0.2) is 0 Å². The first kappa shape index (κ1) is 8.75. The van der Waals surface area contributed by atoms with Crippen LogP contribution in [0.2, 0.25) is 0 Å². The average Bonchev–Trinajstić information content (AvgIpc) is 2.47. The van der Waals surface area contributed by atoms with E-state index in [1.807, 2.05) is 6.20 Å². The number of nitrogens with zero attached hydrogens (tertiary/aromatic N) is 2. The Hall–Kier alpha value is -0.830. The van der Waals surface area contributed by atoms with Crippen molar-refractivity contribution in [3.8, 4) is 0 Å². The monoisotopic (exact) mass is 179 g/mol. The molecule has 0 unspecified atom stereocenters. The van der Waals surface area contributed by atoms with Crippen LogP contribution in [0.15, 0.2) is 6.20 Å². The summed E-state index contributed by atoms with van der Waals surface area (Å²) in [6, 6.07) is 0. The van der Waals surface area contributed by atoms with Crippen molar-refractivity contribution in [2.24, 2.45) is 0 Å². The lowest BCUT2D eigenvalue weighted by molar-refractivity contribution is 0.120. The van der Waals surface area contributed by atoms with Crippen molar-refractivity contribution in [1.82, 2.24) is 15.1 Å². The minimum absolute atomic E-state index is 0.273. The van der Waals surface area contributed by atoms with Gasteiger partial charge in [-0.15, -0.1) is 0 Å². The summed E-state index contributed by atoms with van der Waals surface area (Å²) in [4.78, 5) is 2.49. The second-order valence-corrected chi connectivity index (χ2v) is 4.72. The van der Waals surface area contributed by atoms with Gasteiger partial charge >= 0.3 is 0 Å². The molecule has 0 amide bonds. The molecule has 0 spiro atoms. The van der Waals surface area contributed by atoms with Gasteiger partial charge in [-0.25, -0.2) is 0 Å². The second kappa shape index (κ2) is 2.84. The maximum Gasteiger partial charge on any atom is 0.0535 e. The first-order chi connectivity index (χ1) is 6.07. The lowest BCUT2D eigenvalue weighted by Crippen LogP contribution is -2.44. The van der Waals surface area contributed by atoms with Crippen LogP contribution in [-0.4, -0.2) is 27.2 Å². The van der Waals surface area contributed by atoms with E-state index in [4.69, 9.17) is 0 Å². The molecule has 0 atom stereocenters. The third-order valence-electron chi connectivity index (χ3n) is 2.75. The van der Waals surface area contributed by atoms with Crippen molar-refractivity contribution in [3.05, 3.63) is 17.5 Å². The summed E-state index contributed by atoms with van der Waals surface area (Å²) < 4.78 is 0. The van der Waals surface area contributed by atoms with Crippen LogP contribution in [0.25, 0.3) is 0 Å². The number of nitrogens with one attached hydrogen (secondary N) is 1. The number of aromatic nitrogens is 2. The van der Waals surface area contributed by atoms with Gasteiger partial charge in [0.1, 0.15) is 0 Å². The van der Waals surface area contributed by atoms with Crippen LogP contribution in [0.1, 0.15) is 32.0 Å². The number of fused-ring (bicyclic) bond motifs is 1. The Kier molecular flexibility index (Phi) is 1.91. The Labute approximate surface area is 79.1 Å². The summed E-state index contributed by atoms with van der Waals surface area (Å²) in [5.74, 6) is 0. The number of hydrogen-bond donors (Lipinski definition) is 1. The zero-order chi connectivity index (χ0) is 9.47. The Bertz CT molecular complexity index is 295. The molecule has 1 aromatic rings. The molecule has 0 aliphatic carbocycles. The van der Waals surface area contributed by atoms with Crippen LogP contribution in [0.5, 0.6) is 0 Å². The highest BCUT2D eigenvalue weighted by molar-refractivity contribution is 5.19. The number of hydrogen-bond acceptors (Lipinski definition) is 2. The zero-order valence-electron chi connectivity index (χ0n) is 8.59. The fourth-order valence-electron chi connectivity index (χ4n) is 1.79. The van der Waals surface area contributed by atoms with Gasteiger partial charge in [0, 0.05) is 36.3 Å². The highest BCUT2D eigenvalue weighted by Gasteiger charge is 2.26. The molecule has 1 aliphatic rings. The average molecular weight is 179 g/mol. The zero-order valence-corrected chi connectivity index (χ0v) is 8.59. The SMILES string of the molecule is CC(C)(C)N1CCc2[nH]ncc2C1. The number of aromatic amines is 1. The van der Waals surface area contributed by atoms with Crippen LogP contribution in [-0.2, 0) is 13.0 Å². The third kappa shape index (κ3) is 1.61. The first-order valence-corrected chi connectivity index (χ1v) is 4.83. The van der Waals surface area contributed by atoms with E-state index in [-0.39, 0.29) is 5.54 Å². The molecule has 72 valence electrons. The summed E-state index contributed by atoms with van der Waals surface area (Å²) in [6.07, 6.45) is 3.06. The molecule has 3 heteroatoms. The van der Waals surface area contributed by atoms with Gasteiger partial charge in [0.2, 0.25) is 0 Å². The predicted octanol–water partition coefficient (Wildman–Crippen LogP) is 1.57. The Balaban J connectivity index is 2.18. The largest absolute Gasteiger partial charge is 0.294 e. The highest BCUT2D eigenvalue weighted by atomic mass is 15.2. The van der Waals surface area contributed by atoms with E-state index in [1.165, 1.54) is 11.3 Å². The van der Waals surface area contributed by atoms with Crippen molar-refractivity contribution >= 4 is 0 Å². The third-order valence-corrected chi connectivity index (χ3v) is 2.75. The first-order valence-electron chi connectivity index (χ1n) is 4.83. The molecule has 1 aromatic heterocycles. The lowest BCUT2D eigenvalue weighted by Gasteiger charge is -2.37. The minimum Gasteiger partial charge on any atom is -0.294 e. The van der Waals surface area contributed by atoms with Crippen molar-refractivity contribution in [3.63, 3.8) is 0 Å². The van der Waals surface area contributed by atoms with E-state index >= 15 is 0 Å². The molecular weight excluding hydrogens is 162 g/mol. The van der Waals surface area contributed by atoms with Crippen LogP contribution in [0, 0.1) is 0 Å². The van der Waals surface area contributed by atoms with E-state index < -0.39 is 0 Å². The van der Waals surface area contributed by atoms with Gasteiger partial charge in [0.05, 0.1) is 6.20 Å². The van der Waals surface area contributed by atoms with Crippen LogP contribution < -0.4 is 0 Å². The fraction of sp³-hybridized carbons (Fsp3) is 0.700. The fourth-order valence-corrected chi connectivity index (χ4v) is 1.79. The molecule has 0 fully saturated rings. The van der Waals surface area contributed by atoms with E-state index in [2.05, 4.69) is 35.9 Å². The quantitative estimate of drug-likeness (QED) is 0.655. The number of rotatable bonds is 0. The molecule has 3 nitrogen and oxygen atoms in total. The van der Waals surface area contributed by atoms with Gasteiger partial charge in [-0.05, 0) is 20.8 Å². The van der Waals surface area contributed by atoms with Crippen molar-refractivity contribution < 1.29 is 0 Å². The molecule has 2 rings (SSSR count). The van der Waals surface area contributed by atoms with Crippen molar-refractivity contribution in [1.29, 1.82) is 0 Å². The van der Waals surface area contributed by atoms with Gasteiger partial charge in [0.25, 0.3) is 0 Å². The smallest absolute Gasteiger partial charge is 0.0535 e. The second-order valence-electron chi connectivity index (χ2n) is 4.72. The standard InChI is InChI=1S/C10H17N3/c1-10(2,3)13-5-4-9-8(7-13)6-11-12-9/h6H,4-5,7H2,1-3H3,(H,11,12). The van der Waals surface area contributed by atoms with Crippen LogP contribution in [0.4, 0.5) is 0 Å². The van der Waals surface area contributed by atoms with Gasteiger partial charge in [-0.3, -0.25) is 10.00 Å². The minimum atomic E-state index is 0.273. The number of H-pyrrole nitrogens is 1. The van der Waals surface area contributed by atoms with Crippen molar-refractivity contribution in [2.45, 2.75) is 39.3 Å². The van der Waals surface area contributed by atoms with E-state index in [9.17, 15) is 0 Å². The van der Waals surface area contributed by atoms with E-state index in [0.717, 1.165) is 19.5 Å². The van der Waals surface area contributed by atoms with E-state index in [0.29, 0.717) is 0 Å². The Morgan fingerprint density at radius 2 is 2.23 bits per heavy atom. The molecule has 2 heterocycles. The normalized spacial score (nSPS) is 18.7. The van der Waals surface area contributed by atoms with Gasteiger partial charge < -0.3 is 0 Å². The van der Waals surface area contributed by atoms with E-state index in [1.54, 1.807) is 0 Å². The molecule has 1 aliphatic heterocycles. The molecule has 1 N–H and O–H groups in total. The molecule has 0 saturated heterocycles. The molecule has 0 radical (unpaired) electrons. The molecular formula is C10H17N3. The lowest BCUT2D eigenvalue weighted by atomic mass is 10.00. The summed E-state index contributed by atoms with van der Waals surface area (Å²) >= 11 is 0. The van der Waals surface area contributed by atoms with Gasteiger partial charge in [-0.2, -0.15) is 5.10 Å². The van der Waals surface area contributed by atoms with Gasteiger partial charge in [-0.1, -0.05) is 0 Å². The Morgan fingerprint density at radius 1 is 1.46 bits per heavy atom. The topological polar surface area (TPSA) is 31.9 Å². The Morgan fingerprint density at radius 3 is 2.92 bits per heavy atom. The van der Waals surface area contributed by atoms with Crippen LogP contribution in [0.3, 0.4) is 0 Å². The van der Waals surface area contributed by atoms with Crippen molar-refractivity contribution in [2.75, 3.05) is 6.54 Å². The summed E-state index contributed by atoms with van der Waals surface area (Å²) in [5.41, 5.74) is 2.95. The van der Waals surface area contributed by atoms with Crippen LogP contribution >= 0.6 is 0 Å². The molecule has 0 bridgehead atoms. The summed E-state index contributed by atoms with van der Waals surface area (Å²) in [7, 11) is 0.